The summed E-state index contributed by atoms with van der Waals surface area (Å²) in [5.74, 6) is 1.80. The van der Waals surface area contributed by atoms with Crippen LogP contribution >= 0.6 is 11.3 Å². The van der Waals surface area contributed by atoms with Crippen molar-refractivity contribution in [1.29, 1.82) is 0 Å². The second-order valence-corrected chi connectivity index (χ2v) is 9.31. The van der Waals surface area contributed by atoms with E-state index in [1.54, 1.807) is 25.6 Å². The van der Waals surface area contributed by atoms with E-state index in [4.69, 9.17) is 9.47 Å². The van der Waals surface area contributed by atoms with Crippen LogP contribution < -0.4 is 14.8 Å². The number of ether oxygens (including phenoxy) is 2. The molecule has 4 rings (SSSR count). The highest BCUT2D eigenvalue weighted by Gasteiger charge is 2.32. The lowest BCUT2D eigenvalue weighted by Crippen LogP contribution is -2.41. The van der Waals surface area contributed by atoms with E-state index in [9.17, 15) is 4.79 Å². The first kappa shape index (κ1) is 22.4. The molecule has 0 saturated carbocycles. The van der Waals surface area contributed by atoms with Crippen molar-refractivity contribution >= 4 is 22.9 Å². The quantitative estimate of drug-likeness (QED) is 0.518. The van der Waals surface area contributed by atoms with Crippen molar-refractivity contribution in [2.45, 2.75) is 32.2 Å². The van der Waals surface area contributed by atoms with Crippen molar-refractivity contribution in [2.24, 2.45) is 0 Å². The van der Waals surface area contributed by atoms with Gasteiger partial charge in [0.15, 0.2) is 11.5 Å². The highest BCUT2D eigenvalue weighted by Crippen LogP contribution is 2.42. The van der Waals surface area contributed by atoms with Gasteiger partial charge in [-0.1, -0.05) is 38.1 Å². The Labute approximate surface area is 194 Å². The number of para-hydroxylation sites is 1. The Morgan fingerprint density at radius 2 is 1.88 bits per heavy atom. The monoisotopic (exact) mass is 450 g/mol. The third-order valence-electron chi connectivity index (χ3n) is 5.99. The van der Waals surface area contributed by atoms with E-state index >= 15 is 0 Å². The number of carbonyl (C=O) groups excluding carboxylic acids is 1. The maximum Gasteiger partial charge on any atom is 0.238 e. The molecule has 1 aliphatic heterocycles. The molecule has 0 bridgehead atoms. The minimum Gasteiger partial charge on any atom is -0.493 e. The zero-order valence-electron chi connectivity index (χ0n) is 19.1. The Morgan fingerprint density at radius 1 is 1.12 bits per heavy atom. The number of nitrogens with zero attached hydrogens (tertiary/aromatic N) is 1. The predicted octanol–water partition coefficient (Wildman–Crippen LogP) is 5.47. The number of methoxy groups -OCH3 is 2. The second-order valence-electron chi connectivity index (χ2n) is 8.33. The van der Waals surface area contributed by atoms with E-state index in [2.05, 4.69) is 59.8 Å². The van der Waals surface area contributed by atoms with Crippen LogP contribution in [-0.4, -0.2) is 38.1 Å². The number of benzene rings is 2. The Hall–Kier alpha value is -2.83. The highest BCUT2D eigenvalue weighted by atomic mass is 32.1. The zero-order valence-corrected chi connectivity index (χ0v) is 19.9. The number of hydrogen-bond donors (Lipinski definition) is 1. The van der Waals surface area contributed by atoms with E-state index < -0.39 is 0 Å². The minimum atomic E-state index is 0.00332. The summed E-state index contributed by atoms with van der Waals surface area (Å²) in [7, 11) is 3.32. The van der Waals surface area contributed by atoms with E-state index in [-0.39, 0.29) is 11.9 Å². The molecule has 0 saturated heterocycles. The summed E-state index contributed by atoms with van der Waals surface area (Å²) in [5, 5.41) is 5.23. The maximum atomic E-state index is 13.1. The largest absolute Gasteiger partial charge is 0.493 e. The number of nitrogens with one attached hydrogen (secondary N) is 1. The van der Waals surface area contributed by atoms with Crippen molar-refractivity contribution in [1.82, 2.24) is 4.90 Å². The molecule has 0 fully saturated rings. The first-order chi connectivity index (χ1) is 15.5. The van der Waals surface area contributed by atoms with Crippen LogP contribution in [0.15, 0.2) is 53.9 Å². The van der Waals surface area contributed by atoms with Crippen LogP contribution in [0.2, 0.25) is 0 Å². The normalized spacial score (nSPS) is 16.0. The molecule has 32 heavy (non-hydrogen) atoms. The van der Waals surface area contributed by atoms with Gasteiger partial charge in [-0.3, -0.25) is 9.69 Å². The van der Waals surface area contributed by atoms with E-state index in [0.29, 0.717) is 18.2 Å². The summed E-state index contributed by atoms with van der Waals surface area (Å²) in [6.07, 6.45) is 0.855. The number of amides is 1. The Balaban J connectivity index is 1.62. The lowest BCUT2D eigenvalue weighted by Gasteiger charge is -2.37. The standard InChI is InChI=1S/C26H30N2O3S/c1-17(2)19-8-5-6-9-21(19)27-25(29)16-28-12-11-18-14-22(30-3)23(31-4)15-20(18)26(28)24-10-7-13-32-24/h5-10,13-15,17,26H,11-12,16H2,1-4H3,(H,27,29)/t26-/m1/s1. The third-order valence-corrected chi connectivity index (χ3v) is 6.91. The van der Waals surface area contributed by atoms with Gasteiger partial charge in [0, 0.05) is 17.1 Å². The van der Waals surface area contributed by atoms with Crippen molar-refractivity contribution in [3.63, 3.8) is 0 Å². The Kier molecular flexibility index (Phi) is 6.82. The number of carbonyl (C=O) groups is 1. The summed E-state index contributed by atoms with van der Waals surface area (Å²) in [4.78, 5) is 16.6. The summed E-state index contributed by atoms with van der Waals surface area (Å²) in [6, 6.07) is 16.4. The maximum absolute atomic E-state index is 13.1. The zero-order chi connectivity index (χ0) is 22.7. The van der Waals surface area contributed by atoms with Crippen LogP contribution in [0.1, 0.15) is 47.4 Å². The SMILES string of the molecule is COc1cc2c(cc1OC)[C@H](c1cccs1)N(CC(=O)Nc1ccccc1C(C)C)CC2. The van der Waals surface area contributed by atoms with Gasteiger partial charge < -0.3 is 14.8 Å². The second kappa shape index (κ2) is 9.76. The van der Waals surface area contributed by atoms with Crippen molar-refractivity contribution in [3.05, 3.63) is 75.5 Å². The molecule has 0 unspecified atom stereocenters. The third kappa shape index (κ3) is 4.52. The molecule has 5 nitrogen and oxygen atoms in total. The van der Waals surface area contributed by atoms with Gasteiger partial charge in [0.1, 0.15) is 0 Å². The van der Waals surface area contributed by atoms with Crippen molar-refractivity contribution < 1.29 is 14.3 Å². The molecule has 2 heterocycles. The molecule has 1 atom stereocenters. The molecule has 1 aliphatic rings. The van der Waals surface area contributed by atoms with Crippen LogP contribution in [0.5, 0.6) is 11.5 Å². The van der Waals surface area contributed by atoms with Gasteiger partial charge in [0.2, 0.25) is 5.91 Å². The number of anilines is 1. The number of thiophene rings is 1. The van der Waals surface area contributed by atoms with Crippen LogP contribution in [0, 0.1) is 0 Å². The van der Waals surface area contributed by atoms with Gasteiger partial charge in [-0.2, -0.15) is 0 Å². The molecular weight excluding hydrogens is 420 g/mol. The van der Waals surface area contributed by atoms with Crippen molar-refractivity contribution in [2.75, 3.05) is 32.6 Å². The van der Waals surface area contributed by atoms with Gasteiger partial charge >= 0.3 is 0 Å². The van der Waals surface area contributed by atoms with Gasteiger partial charge in [-0.15, -0.1) is 11.3 Å². The summed E-state index contributed by atoms with van der Waals surface area (Å²) < 4.78 is 11.1. The van der Waals surface area contributed by atoms with Gasteiger partial charge in [0.05, 0.1) is 26.8 Å². The Bertz CT molecular complexity index is 1080. The van der Waals surface area contributed by atoms with Crippen LogP contribution in [-0.2, 0) is 11.2 Å². The number of hydrogen-bond acceptors (Lipinski definition) is 5. The first-order valence-electron chi connectivity index (χ1n) is 10.9. The van der Waals surface area contributed by atoms with Gasteiger partial charge in [-0.05, 0) is 58.7 Å². The molecule has 0 aliphatic carbocycles. The topological polar surface area (TPSA) is 50.8 Å². The molecule has 0 radical (unpaired) electrons. The lowest BCUT2D eigenvalue weighted by molar-refractivity contribution is -0.117. The molecule has 6 heteroatoms. The van der Waals surface area contributed by atoms with Gasteiger partial charge in [-0.25, -0.2) is 0 Å². The highest BCUT2D eigenvalue weighted by molar-refractivity contribution is 7.10. The molecule has 1 amide bonds. The molecule has 3 aromatic rings. The van der Waals surface area contributed by atoms with Crippen LogP contribution in [0.25, 0.3) is 0 Å². The summed E-state index contributed by atoms with van der Waals surface area (Å²) in [6.45, 7) is 5.40. The van der Waals surface area contributed by atoms with E-state index in [1.165, 1.54) is 16.0 Å². The molecule has 2 aromatic carbocycles. The summed E-state index contributed by atoms with van der Waals surface area (Å²) in [5.41, 5.74) is 4.45. The fraction of sp³-hybridized carbons (Fsp3) is 0.346. The summed E-state index contributed by atoms with van der Waals surface area (Å²) >= 11 is 1.71. The molecular formula is C26H30N2O3S. The Morgan fingerprint density at radius 3 is 2.56 bits per heavy atom. The number of fused-ring (bicyclic) bond motifs is 1. The average molecular weight is 451 g/mol. The first-order valence-corrected chi connectivity index (χ1v) is 11.8. The van der Waals surface area contributed by atoms with Crippen molar-refractivity contribution in [3.8, 4) is 11.5 Å². The molecule has 1 aromatic heterocycles. The molecule has 1 N–H and O–H groups in total. The average Bonchev–Trinajstić information content (AvgIpc) is 3.32. The van der Waals surface area contributed by atoms with Gasteiger partial charge in [0.25, 0.3) is 0 Å². The smallest absolute Gasteiger partial charge is 0.238 e. The molecule has 0 spiro atoms. The number of rotatable bonds is 7. The van der Waals surface area contributed by atoms with Crippen LogP contribution in [0.4, 0.5) is 5.69 Å². The predicted molar refractivity (Wildman–Crippen MR) is 130 cm³/mol. The van der Waals surface area contributed by atoms with Crippen LogP contribution in [0.3, 0.4) is 0 Å². The fourth-order valence-electron chi connectivity index (χ4n) is 4.44. The van der Waals surface area contributed by atoms with E-state index in [1.807, 2.05) is 18.2 Å². The fourth-order valence-corrected chi connectivity index (χ4v) is 5.31. The van der Waals surface area contributed by atoms with E-state index in [0.717, 1.165) is 30.0 Å². The lowest BCUT2D eigenvalue weighted by atomic mass is 9.91. The molecule has 168 valence electrons. The minimum absolute atomic E-state index is 0.00332.